The lowest BCUT2D eigenvalue weighted by Gasteiger charge is -2.43. The SMILES string of the molecule is CC1CN(c2cc(F)c(F)c(F)c2)C(C(C)C)CN1. The molecular weight excluding hydrogens is 253 g/mol. The van der Waals surface area contributed by atoms with Crippen molar-refractivity contribution in [1.82, 2.24) is 5.32 Å². The van der Waals surface area contributed by atoms with E-state index in [1.165, 1.54) is 0 Å². The largest absolute Gasteiger partial charge is 0.365 e. The van der Waals surface area contributed by atoms with Gasteiger partial charge in [0.25, 0.3) is 0 Å². The number of hydrogen-bond acceptors (Lipinski definition) is 2. The smallest absolute Gasteiger partial charge is 0.194 e. The van der Waals surface area contributed by atoms with Gasteiger partial charge in [-0.05, 0) is 12.8 Å². The van der Waals surface area contributed by atoms with E-state index in [-0.39, 0.29) is 12.1 Å². The zero-order valence-corrected chi connectivity index (χ0v) is 11.4. The molecule has 1 fully saturated rings. The van der Waals surface area contributed by atoms with Gasteiger partial charge in [-0.2, -0.15) is 0 Å². The van der Waals surface area contributed by atoms with Gasteiger partial charge in [0.15, 0.2) is 17.5 Å². The van der Waals surface area contributed by atoms with Gasteiger partial charge in [-0.1, -0.05) is 13.8 Å². The molecular formula is C14H19F3N2. The van der Waals surface area contributed by atoms with Gasteiger partial charge in [0, 0.05) is 43.0 Å². The van der Waals surface area contributed by atoms with Gasteiger partial charge in [-0.3, -0.25) is 0 Å². The zero-order valence-electron chi connectivity index (χ0n) is 11.4. The van der Waals surface area contributed by atoms with Crippen LogP contribution in [0.15, 0.2) is 12.1 Å². The van der Waals surface area contributed by atoms with Crippen molar-refractivity contribution < 1.29 is 13.2 Å². The topological polar surface area (TPSA) is 15.3 Å². The molecule has 19 heavy (non-hydrogen) atoms. The molecule has 0 bridgehead atoms. The summed E-state index contributed by atoms with van der Waals surface area (Å²) in [6, 6.07) is 2.52. The highest BCUT2D eigenvalue weighted by molar-refractivity contribution is 5.49. The Morgan fingerprint density at radius 2 is 1.79 bits per heavy atom. The second kappa shape index (κ2) is 5.41. The predicted octanol–water partition coefficient (Wildman–Crippen LogP) is 2.93. The first-order valence-electron chi connectivity index (χ1n) is 6.54. The minimum atomic E-state index is -1.41. The summed E-state index contributed by atoms with van der Waals surface area (Å²) >= 11 is 0. The van der Waals surface area contributed by atoms with Crippen molar-refractivity contribution in [3.63, 3.8) is 0 Å². The summed E-state index contributed by atoms with van der Waals surface area (Å²) in [5.74, 6) is -3.35. The fourth-order valence-corrected chi connectivity index (χ4v) is 2.53. The van der Waals surface area contributed by atoms with Gasteiger partial charge < -0.3 is 10.2 Å². The highest BCUT2D eigenvalue weighted by Gasteiger charge is 2.29. The maximum atomic E-state index is 13.4. The van der Waals surface area contributed by atoms with Gasteiger partial charge >= 0.3 is 0 Å². The molecule has 1 aliphatic rings. The van der Waals surface area contributed by atoms with Gasteiger partial charge in [0.05, 0.1) is 0 Å². The molecule has 1 aromatic carbocycles. The van der Waals surface area contributed by atoms with Crippen LogP contribution in [0.5, 0.6) is 0 Å². The number of benzene rings is 1. The van der Waals surface area contributed by atoms with Crippen LogP contribution in [0.1, 0.15) is 20.8 Å². The lowest BCUT2D eigenvalue weighted by Crippen LogP contribution is -2.57. The van der Waals surface area contributed by atoms with E-state index in [2.05, 4.69) is 19.2 Å². The van der Waals surface area contributed by atoms with E-state index in [0.717, 1.165) is 18.7 Å². The fourth-order valence-electron chi connectivity index (χ4n) is 2.53. The van der Waals surface area contributed by atoms with Gasteiger partial charge in [-0.15, -0.1) is 0 Å². The monoisotopic (exact) mass is 272 g/mol. The van der Waals surface area contributed by atoms with Crippen LogP contribution in [0.2, 0.25) is 0 Å². The average Bonchev–Trinajstić information content (AvgIpc) is 2.34. The molecule has 2 unspecified atom stereocenters. The Bertz CT molecular complexity index is 439. The van der Waals surface area contributed by atoms with E-state index in [0.29, 0.717) is 18.2 Å². The maximum Gasteiger partial charge on any atom is 0.194 e. The highest BCUT2D eigenvalue weighted by Crippen LogP contribution is 2.26. The summed E-state index contributed by atoms with van der Waals surface area (Å²) in [6.07, 6.45) is 0. The third kappa shape index (κ3) is 2.86. The van der Waals surface area contributed by atoms with Crippen LogP contribution in [-0.2, 0) is 0 Å². The Kier molecular flexibility index (Phi) is 4.04. The van der Waals surface area contributed by atoms with Gasteiger partial charge in [0.1, 0.15) is 0 Å². The maximum absolute atomic E-state index is 13.4. The molecule has 1 aliphatic heterocycles. The summed E-state index contributed by atoms with van der Waals surface area (Å²) in [5, 5.41) is 3.35. The Labute approximate surface area is 111 Å². The van der Waals surface area contributed by atoms with Crippen molar-refractivity contribution in [1.29, 1.82) is 0 Å². The molecule has 1 saturated heterocycles. The van der Waals surface area contributed by atoms with Crippen molar-refractivity contribution in [2.24, 2.45) is 5.92 Å². The number of nitrogens with one attached hydrogen (secondary N) is 1. The molecule has 106 valence electrons. The van der Waals surface area contributed by atoms with Crippen LogP contribution < -0.4 is 10.2 Å². The second-order valence-corrected chi connectivity index (χ2v) is 5.50. The molecule has 2 rings (SSSR count). The van der Waals surface area contributed by atoms with Crippen LogP contribution in [0.4, 0.5) is 18.9 Å². The summed E-state index contributed by atoms with van der Waals surface area (Å²) in [6.45, 7) is 7.53. The van der Waals surface area contributed by atoms with E-state index in [1.807, 2.05) is 11.8 Å². The normalized spacial score (nSPS) is 24.1. The van der Waals surface area contributed by atoms with Crippen molar-refractivity contribution >= 4 is 5.69 Å². The molecule has 0 saturated carbocycles. The molecule has 0 aliphatic carbocycles. The lowest BCUT2D eigenvalue weighted by atomic mass is 9.98. The van der Waals surface area contributed by atoms with E-state index in [9.17, 15) is 13.2 Å². The molecule has 1 aromatic rings. The molecule has 1 N–H and O–H groups in total. The summed E-state index contributed by atoms with van der Waals surface area (Å²) in [7, 11) is 0. The summed E-state index contributed by atoms with van der Waals surface area (Å²) in [5.41, 5.74) is 0.406. The second-order valence-electron chi connectivity index (χ2n) is 5.50. The molecule has 2 atom stereocenters. The zero-order chi connectivity index (χ0) is 14.2. The number of nitrogens with zero attached hydrogens (tertiary/aromatic N) is 1. The quantitative estimate of drug-likeness (QED) is 0.833. The Balaban J connectivity index is 2.36. The third-order valence-corrected chi connectivity index (χ3v) is 3.62. The van der Waals surface area contributed by atoms with Crippen molar-refractivity contribution in [3.8, 4) is 0 Å². The Hall–Kier alpha value is -1.23. The van der Waals surface area contributed by atoms with Gasteiger partial charge in [0.2, 0.25) is 0 Å². The number of halogens is 3. The first kappa shape index (κ1) is 14.2. The molecule has 0 amide bonds. The van der Waals surface area contributed by atoms with Crippen LogP contribution >= 0.6 is 0 Å². The third-order valence-electron chi connectivity index (χ3n) is 3.62. The Morgan fingerprint density at radius 3 is 2.32 bits per heavy atom. The molecule has 5 heteroatoms. The summed E-state index contributed by atoms with van der Waals surface area (Å²) < 4.78 is 39.8. The minimum absolute atomic E-state index is 0.139. The van der Waals surface area contributed by atoms with Crippen LogP contribution in [-0.4, -0.2) is 25.2 Å². The standard InChI is InChI=1S/C14H19F3N2/c1-8(2)13-6-18-9(3)7-19(13)10-4-11(15)14(17)12(16)5-10/h4-5,8-9,13,18H,6-7H2,1-3H3. The first-order valence-corrected chi connectivity index (χ1v) is 6.54. The van der Waals surface area contributed by atoms with E-state index >= 15 is 0 Å². The van der Waals surface area contributed by atoms with Crippen molar-refractivity contribution in [2.75, 3.05) is 18.0 Å². The Morgan fingerprint density at radius 1 is 1.21 bits per heavy atom. The number of hydrogen-bond donors (Lipinski definition) is 1. The molecule has 0 spiro atoms. The van der Waals surface area contributed by atoms with E-state index in [4.69, 9.17) is 0 Å². The molecule has 0 radical (unpaired) electrons. The molecule has 1 heterocycles. The van der Waals surface area contributed by atoms with Crippen LogP contribution in [0.3, 0.4) is 0 Å². The van der Waals surface area contributed by atoms with Gasteiger partial charge in [-0.25, -0.2) is 13.2 Å². The van der Waals surface area contributed by atoms with Crippen molar-refractivity contribution in [2.45, 2.75) is 32.9 Å². The first-order chi connectivity index (χ1) is 8.90. The number of anilines is 1. The number of piperazine rings is 1. The molecule has 0 aromatic heterocycles. The van der Waals surface area contributed by atoms with Crippen LogP contribution in [0.25, 0.3) is 0 Å². The van der Waals surface area contributed by atoms with E-state index < -0.39 is 17.5 Å². The molecule has 2 nitrogen and oxygen atoms in total. The predicted molar refractivity (Wildman–Crippen MR) is 69.8 cm³/mol. The van der Waals surface area contributed by atoms with Crippen molar-refractivity contribution in [3.05, 3.63) is 29.6 Å². The highest BCUT2D eigenvalue weighted by atomic mass is 19.2. The fraction of sp³-hybridized carbons (Fsp3) is 0.571. The van der Waals surface area contributed by atoms with Crippen LogP contribution in [0, 0.1) is 23.4 Å². The summed E-state index contributed by atoms with van der Waals surface area (Å²) in [4.78, 5) is 1.96. The number of rotatable bonds is 2. The lowest BCUT2D eigenvalue weighted by molar-refractivity contribution is 0.347. The van der Waals surface area contributed by atoms with E-state index in [1.54, 1.807) is 0 Å². The average molecular weight is 272 g/mol. The minimum Gasteiger partial charge on any atom is -0.365 e.